The minimum atomic E-state index is 0.379. The highest BCUT2D eigenvalue weighted by Gasteiger charge is 2.14. The molecule has 1 unspecified atom stereocenters. The van der Waals surface area contributed by atoms with E-state index in [0.29, 0.717) is 5.78 Å². The van der Waals surface area contributed by atoms with Crippen LogP contribution in [-0.2, 0) is 4.79 Å². The van der Waals surface area contributed by atoms with E-state index >= 15 is 0 Å². The first kappa shape index (κ1) is 9.50. The van der Waals surface area contributed by atoms with Gasteiger partial charge in [-0.2, -0.15) is 0 Å². The molecule has 0 N–H and O–H groups in total. The molecule has 0 aromatic heterocycles. The summed E-state index contributed by atoms with van der Waals surface area (Å²) in [7, 11) is 0. The zero-order chi connectivity index (χ0) is 8.97. The molecule has 0 radical (unpaired) electrons. The number of allylic oxidation sites excluding steroid dienone is 2. The molecule has 0 fully saturated rings. The van der Waals surface area contributed by atoms with Gasteiger partial charge in [0.05, 0.1) is 0 Å². The van der Waals surface area contributed by atoms with Gasteiger partial charge in [-0.25, -0.2) is 0 Å². The van der Waals surface area contributed by atoms with E-state index in [0.717, 1.165) is 37.2 Å². The number of ketones is 1. The van der Waals surface area contributed by atoms with Crippen LogP contribution in [0.2, 0.25) is 0 Å². The van der Waals surface area contributed by atoms with Gasteiger partial charge in [0.1, 0.15) is 0 Å². The Hall–Kier alpha value is -0.590. The number of hydrogen-bond acceptors (Lipinski definition) is 1. The van der Waals surface area contributed by atoms with Crippen molar-refractivity contribution < 1.29 is 4.79 Å². The molecular weight excluding hydrogens is 148 g/mol. The van der Waals surface area contributed by atoms with E-state index in [1.807, 2.05) is 0 Å². The van der Waals surface area contributed by atoms with Gasteiger partial charge in [-0.1, -0.05) is 19.9 Å². The smallest absolute Gasteiger partial charge is 0.158 e. The maximum Gasteiger partial charge on any atom is 0.158 e. The largest absolute Gasteiger partial charge is 0.295 e. The van der Waals surface area contributed by atoms with Crippen molar-refractivity contribution in [1.29, 1.82) is 0 Å². The van der Waals surface area contributed by atoms with E-state index in [9.17, 15) is 4.79 Å². The summed E-state index contributed by atoms with van der Waals surface area (Å²) in [6.45, 7) is 4.31. The quantitative estimate of drug-likeness (QED) is 0.629. The van der Waals surface area contributed by atoms with Crippen molar-refractivity contribution in [3.05, 3.63) is 11.6 Å². The first-order valence-electron chi connectivity index (χ1n) is 4.96. The van der Waals surface area contributed by atoms with E-state index in [1.54, 1.807) is 0 Å². The highest BCUT2D eigenvalue weighted by molar-refractivity contribution is 5.95. The van der Waals surface area contributed by atoms with Crippen molar-refractivity contribution in [3.63, 3.8) is 0 Å². The van der Waals surface area contributed by atoms with Crippen LogP contribution in [0.5, 0.6) is 0 Å². The summed E-state index contributed by atoms with van der Waals surface area (Å²) in [5.41, 5.74) is 1.09. The summed E-state index contributed by atoms with van der Waals surface area (Å²) in [6, 6.07) is 0. The standard InChI is InChI=1S/C11H18O/c1-3-4-11(12)10-7-5-9(2)6-8-10/h7,9H,3-6,8H2,1-2H3. The van der Waals surface area contributed by atoms with Crippen LogP contribution in [0.1, 0.15) is 46.0 Å². The van der Waals surface area contributed by atoms with Gasteiger partial charge in [-0.05, 0) is 37.2 Å². The molecule has 0 aliphatic heterocycles. The molecular formula is C11H18O. The van der Waals surface area contributed by atoms with Gasteiger partial charge < -0.3 is 0 Å². The van der Waals surface area contributed by atoms with E-state index in [-0.39, 0.29) is 0 Å². The van der Waals surface area contributed by atoms with Gasteiger partial charge >= 0.3 is 0 Å². The Morgan fingerprint density at radius 3 is 2.92 bits per heavy atom. The minimum Gasteiger partial charge on any atom is -0.295 e. The Morgan fingerprint density at radius 1 is 1.67 bits per heavy atom. The molecule has 68 valence electrons. The van der Waals surface area contributed by atoms with Crippen LogP contribution in [0.15, 0.2) is 11.6 Å². The van der Waals surface area contributed by atoms with Crippen LogP contribution in [-0.4, -0.2) is 5.78 Å². The fourth-order valence-corrected chi connectivity index (χ4v) is 1.61. The first-order chi connectivity index (χ1) is 5.74. The molecule has 0 amide bonds. The SMILES string of the molecule is CCCC(=O)C1=CCC(C)CC1. The molecule has 1 nitrogen and oxygen atoms in total. The summed E-state index contributed by atoms with van der Waals surface area (Å²) in [5, 5.41) is 0. The molecule has 1 rings (SSSR count). The summed E-state index contributed by atoms with van der Waals surface area (Å²) in [5.74, 6) is 1.16. The van der Waals surface area contributed by atoms with Crippen LogP contribution in [0.4, 0.5) is 0 Å². The van der Waals surface area contributed by atoms with Crippen molar-refractivity contribution in [3.8, 4) is 0 Å². The third kappa shape index (κ3) is 2.47. The zero-order valence-electron chi connectivity index (χ0n) is 8.10. The van der Waals surface area contributed by atoms with Gasteiger partial charge in [0.2, 0.25) is 0 Å². The Bertz CT molecular complexity index is 191. The summed E-state index contributed by atoms with van der Waals surface area (Å²) in [6.07, 6.45) is 7.17. The lowest BCUT2D eigenvalue weighted by molar-refractivity contribution is -0.115. The number of carbonyl (C=O) groups is 1. The van der Waals surface area contributed by atoms with Crippen LogP contribution >= 0.6 is 0 Å². The fourth-order valence-electron chi connectivity index (χ4n) is 1.61. The van der Waals surface area contributed by atoms with Gasteiger partial charge in [0.25, 0.3) is 0 Å². The van der Waals surface area contributed by atoms with Gasteiger partial charge in [-0.15, -0.1) is 0 Å². The Labute approximate surface area is 74.9 Å². The number of hydrogen-bond donors (Lipinski definition) is 0. The molecule has 12 heavy (non-hydrogen) atoms. The lowest BCUT2D eigenvalue weighted by atomic mass is 9.88. The zero-order valence-corrected chi connectivity index (χ0v) is 8.10. The molecule has 0 saturated carbocycles. The third-order valence-corrected chi connectivity index (χ3v) is 2.51. The van der Waals surface area contributed by atoms with E-state index in [2.05, 4.69) is 19.9 Å². The normalized spacial score (nSPS) is 23.5. The monoisotopic (exact) mass is 166 g/mol. The van der Waals surface area contributed by atoms with E-state index in [1.165, 1.54) is 6.42 Å². The molecule has 0 heterocycles. The lowest BCUT2D eigenvalue weighted by Crippen LogP contribution is -2.09. The molecule has 0 aromatic carbocycles. The number of rotatable bonds is 3. The van der Waals surface area contributed by atoms with Crippen molar-refractivity contribution in [1.82, 2.24) is 0 Å². The highest BCUT2D eigenvalue weighted by atomic mass is 16.1. The van der Waals surface area contributed by atoms with Crippen LogP contribution in [0.25, 0.3) is 0 Å². The average Bonchev–Trinajstić information content (AvgIpc) is 2.06. The van der Waals surface area contributed by atoms with Crippen molar-refractivity contribution in [2.24, 2.45) is 5.92 Å². The minimum absolute atomic E-state index is 0.379. The van der Waals surface area contributed by atoms with Crippen LogP contribution < -0.4 is 0 Å². The second-order valence-electron chi connectivity index (χ2n) is 3.78. The average molecular weight is 166 g/mol. The van der Waals surface area contributed by atoms with Crippen molar-refractivity contribution in [2.45, 2.75) is 46.0 Å². The van der Waals surface area contributed by atoms with Gasteiger partial charge in [0, 0.05) is 6.42 Å². The van der Waals surface area contributed by atoms with Crippen molar-refractivity contribution >= 4 is 5.78 Å². The van der Waals surface area contributed by atoms with Crippen LogP contribution in [0, 0.1) is 5.92 Å². The lowest BCUT2D eigenvalue weighted by Gasteiger charge is -2.16. The molecule has 1 aliphatic carbocycles. The Morgan fingerprint density at radius 2 is 2.42 bits per heavy atom. The first-order valence-corrected chi connectivity index (χ1v) is 4.96. The molecule has 1 heteroatoms. The third-order valence-electron chi connectivity index (χ3n) is 2.51. The van der Waals surface area contributed by atoms with E-state index < -0.39 is 0 Å². The molecule has 0 bridgehead atoms. The topological polar surface area (TPSA) is 17.1 Å². The second kappa shape index (κ2) is 4.44. The number of Topliss-reactive ketones (excluding diaryl/α,β-unsaturated/α-hetero) is 1. The number of carbonyl (C=O) groups excluding carboxylic acids is 1. The van der Waals surface area contributed by atoms with Crippen molar-refractivity contribution in [2.75, 3.05) is 0 Å². The molecule has 0 spiro atoms. The fraction of sp³-hybridized carbons (Fsp3) is 0.727. The van der Waals surface area contributed by atoms with Gasteiger partial charge in [-0.3, -0.25) is 4.79 Å². The molecule has 1 atom stereocenters. The predicted molar refractivity (Wildman–Crippen MR) is 51.0 cm³/mol. The maximum atomic E-state index is 11.4. The predicted octanol–water partition coefficient (Wildman–Crippen LogP) is 3.10. The highest BCUT2D eigenvalue weighted by Crippen LogP contribution is 2.24. The molecule has 0 aromatic rings. The Balaban J connectivity index is 2.47. The summed E-state index contributed by atoms with van der Waals surface area (Å²) >= 11 is 0. The summed E-state index contributed by atoms with van der Waals surface area (Å²) in [4.78, 5) is 11.4. The summed E-state index contributed by atoms with van der Waals surface area (Å²) < 4.78 is 0. The van der Waals surface area contributed by atoms with Gasteiger partial charge in [0.15, 0.2) is 5.78 Å². The van der Waals surface area contributed by atoms with Crippen LogP contribution in [0.3, 0.4) is 0 Å². The second-order valence-corrected chi connectivity index (χ2v) is 3.78. The maximum absolute atomic E-state index is 11.4. The molecule has 0 saturated heterocycles. The Kier molecular flexibility index (Phi) is 3.51. The molecule has 1 aliphatic rings. The van der Waals surface area contributed by atoms with E-state index in [4.69, 9.17) is 0 Å².